The van der Waals surface area contributed by atoms with Crippen LogP contribution >= 0.6 is 0 Å². The highest BCUT2D eigenvalue weighted by molar-refractivity contribution is 7.89. The smallest absolute Gasteiger partial charge is 0.243 e. The molecular weight excluding hydrogens is 354 g/mol. The van der Waals surface area contributed by atoms with Crippen LogP contribution in [-0.2, 0) is 24.8 Å². The fraction of sp³-hybridized carbons (Fsp3) is 0.571. The summed E-state index contributed by atoms with van der Waals surface area (Å²) in [5, 5.41) is 3.10. The normalized spacial score (nSPS) is 21.7. The second-order valence-corrected chi connectivity index (χ2v) is 9.52. The van der Waals surface area contributed by atoms with Crippen LogP contribution in [0.4, 0.5) is 0 Å². The van der Waals surface area contributed by atoms with Gasteiger partial charge in [-0.2, -0.15) is 8.61 Å². The van der Waals surface area contributed by atoms with Crippen molar-refractivity contribution in [2.45, 2.75) is 9.79 Å². The largest absolute Gasteiger partial charge is 0.379 e. The Balaban J connectivity index is 1.82. The molecule has 0 atom stereocenters. The first-order chi connectivity index (χ1) is 11.4. The van der Waals surface area contributed by atoms with E-state index in [1.54, 1.807) is 0 Å². The molecular formula is C14H21N3O5S2. The molecule has 2 heterocycles. The summed E-state index contributed by atoms with van der Waals surface area (Å²) in [7, 11) is -7.20. The number of sulfonamides is 2. The second kappa shape index (κ2) is 7.06. The highest BCUT2D eigenvalue weighted by Crippen LogP contribution is 2.21. The summed E-state index contributed by atoms with van der Waals surface area (Å²) in [6, 6.07) is 5.45. The van der Waals surface area contributed by atoms with E-state index in [2.05, 4.69) is 5.32 Å². The van der Waals surface area contributed by atoms with Crippen molar-refractivity contribution in [3.8, 4) is 0 Å². The van der Waals surface area contributed by atoms with Crippen molar-refractivity contribution in [3.63, 3.8) is 0 Å². The van der Waals surface area contributed by atoms with Gasteiger partial charge in [-0.3, -0.25) is 0 Å². The minimum atomic E-state index is -3.61. The van der Waals surface area contributed by atoms with Crippen LogP contribution in [0.2, 0.25) is 0 Å². The number of rotatable bonds is 4. The predicted molar refractivity (Wildman–Crippen MR) is 87.6 cm³/mol. The quantitative estimate of drug-likeness (QED) is 0.748. The Morgan fingerprint density at radius 1 is 0.750 bits per heavy atom. The highest BCUT2D eigenvalue weighted by atomic mass is 32.2. The lowest BCUT2D eigenvalue weighted by molar-refractivity contribution is 0.0730. The number of morpholine rings is 1. The average molecular weight is 375 g/mol. The Morgan fingerprint density at radius 2 is 1.17 bits per heavy atom. The van der Waals surface area contributed by atoms with E-state index in [0.717, 1.165) is 0 Å². The van der Waals surface area contributed by atoms with Crippen molar-refractivity contribution < 1.29 is 21.6 Å². The average Bonchev–Trinajstić information content (AvgIpc) is 2.63. The van der Waals surface area contributed by atoms with Gasteiger partial charge < -0.3 is 10.1 Å². The molecule has 3 rings (SSSR count). The maximum Gasteiger partial charge on any atom is 0.243 e. The van der Waals surface area contributed by atoms with Crippen LogP contribution in [0.3, 0.4) is 0 Å². The summed E-state index contributed by atoms with van der Waals surface area (Å²) >= 11 is 0. The molecule has 2 aliphatic heterocycles. The van der Waals surface area contributed by atoms with Crippen LogP contribution in [0, 0.1) is 0 Å². The van der Waals surface area contributed by atoms with E-state index in [-0.39, 0.29) is 9.79 Å². The number of piperazine rings is 1. The first-order valence-corrected chi connectivity index (χ1v) is 10.7. The van der Waals surface area contributed by atoms with Crippen molar-refractivity contribution in [1.29, 1.82) is 0 Å². The fourth-order valence-electron chi connectivity index (χ4n) is 2.75. The Morgan fingerprint density at radius 3 is 1.62 bits per heavy atom. The molecule has 0 aliphatic carbocycles. The van der Waals surface area contributed by atoms with Crippen LogP contribution in [0.1, 0.15) is 0 Å². The molecule has 0 radical (unpaired) electrons. The SMILES string of the molecule is O=S(=O)(c1ccc(S(=O)(=O)N2CCOCC2)cc1)N1CCNCC1. The molecule has 2 aliphatic rings. The number of hydrogen-bond donors (Lipinski definition) is 1. The topological polar surface area (TPSA) is 96.0 Å². The van der Waals surface area contributed by atoms with Crippen LogP contribution in [0.5, 0.6) is 0 Å². The van der Waals surface area contributed by atoms with E-state index in [0.29, 0.717) is 52.5 Å². The lowest BCUT2D eigenvalue weighted by Crippen LogP contribution is -2.46. The Labute approximate surface area is 142 Å². The van der Waals surface area contributed by atoms with Crippen molar-refractivity contribution in [2.75, 3.05) is 52.5 Å². The van der Waals surface area contributed by atoms with E-state index in [9.17, 15) is 16.8 Å². The van der Waals surface area contributed by atoms with Crippen molar-refractivity contribution in [2.24, 2.45) is 0 Å². The van der Waals surface area contributed by atoms with E-state index in [1.807, 2.05) is 0 Å². The van der Waals surface area contributed by atoms with Gasteiger partial charge in [0, 0.05) is 39.3 Å². The van der Waals surface area contributed by atoms with E-state index in [4.69, 9.17) is 4.74 Å². The molecule has 2 fully saturated rings. The lowest BCUT2D eigenvalue weighted by Gasteiger charge is -2.27. The number of benzene rings is 1. The van der Waals surface area contributed by atoms with Gasteiger partial charge in [0.25, 0.3) is 0 Å². The van der Waals surface area contributed by atoms with Gasteiger partial charge in [0.1, 0.15) is 0 Å². The minimum Gasteiger partial charge on any atom is -0.379 e. The monoisotopic (exact) mass is 375 g/mol. The molecule has 10 heteroatoms. The van der Waals surface area contributed by atoms with Crippen LogP contribution in [0.15, 0.2) is 34.1 Å². The third kappa shape index (κ3) is 3.48. The third-order valence-corrected chi connectivity index (χ3v) is 7.97. The van der Waals surface area contributed by atoms with Crippen LogP contribution < -0.4 is 5.32 Å². The van der Waals surface area contributed by atoms with Gasteiger partial charge in [-0.25, -0.2) is 16.8 Å². The standard InChI is InChI=1S/C14H21N3O5S2/c18-23(19,16-7-5-15-6-8-16)13-1-3-14(4-2-13)24(20,21)17-9-11-22-12-10-17/h1-4,15H,5-12H2. The maximum absolute atomic E-state index is 12.6. The Hall–Kier alpha value is -1.04. The molecule has 2 saturated heterocycles. The number of hydrogen-bond acceptors (Lipinski definition) is 6. The van der Waals surface area contributed by atoms with E-state index in [1.165, 1.54) is 32.9 Å². The summed E-state index contributed by atoms with van der Waals surface area (Å²) in [4.78, 5) is 0.217. The van der Waals surface area contributed by atoms with Gasteiger partial charge in [-0.05, 0) is 24.3 Å². The first-order valence-electron chi connectivity index (χ1n) is 7.81. The lowest BCUT2D eigenvalue weighted by atomic mass is 10.4. The molecule has 1 aromatic rings. The molecule has 8 nitrogen and oxygen atoms in total. The number of ether oxygens (including phenoxy) is 1. The van der Waals surface area contributed by atoms with Gasteiger partial charge in [0.05, 0.1) is 23.0 Å². The Kier molecular flexibility index (Phi) is 5.23. The maximum atomic E-state index is 12.6. The highest BCUT2D eigenvalue weighted by Gasteiger charge is 2.29. The first kappa shape index (κ1) is 17.8. The summed E-state index contributed by atoms with van der Waals surface area (Å²) < 4.78 is 58.2. The molecule has 0 bridgehead atoms. The zero-order valence-corrected chi connectivity index (χ0v) is 14.9. The van der Waals surface area contributed by atoms with Crippen LogP contribution in [-0.4, -0.2) is 77.9 Å². The van der Waals surface area contributed by atoms with E-state index < -0.39 is 20.0 Å². The van der Waals surface area contributed by atoms with E-state index >= 15 is 0 Å². The number of nitrogens with zero attached hydrogens (tertiary/aromatic N) is 2. The fourth-order valence-corrected chi connectivity index (χ4v) is 5.60. The number of nitrogens with one attached hydrogen (secondary N) is 1. The summed E-state index contributed by atoms with van der Waals surface area (Å²) in [5.74, 6) is 0. The molecule has 0 unspecified atom stereocenters. The van der Waals surface area contributed by atoms with Gasteiger partial charge in [-0.1, -0.05) is 0 Å². The molecule has 0 aromatic heterocycles. The second-order valence-electron chi connectivity index (χ2n) is 5.64. The molecule has 0 amide bonds. The zero-order valence-electron chi connectivity index (χ0n) is 13.2. The minimum absolute atomic E-state index is 0.101. The molecule has 0 saturated carbocycles. The van der Waals surface area contributed by atoms with Gasteiger partial charge in [0.2, 0.25) is 20.0 Å². The van der Waals surface area contributed by atoms with Gasteiger partial charge in [0.15, 0.2) is 0 Å². The van der Waals surface area contributed by atoms with Gasteiger partial charge >= 0.3 is 0 Å². The summed E-state index contributed by atoms with van der Waals surface area (Å²) in [5.41, 5.74) is 0. The summed E-state index contributed by atoms with van der Waals surface area (Å²) in [6.45, 7) is 3.41. The van der Waals surface area contributed by atoms with Gasteiger partial charge in [-0.15, -0.1) is 0 Å². The van der Waals surface area contributed by atoms with Crippen LogP contribution in [0.25, 0.3) is 0 Å². The molecule has 1 N–H and O–H groups in total. The summed E-state index contributed by atoms with van der Waals surface area (Å²) in [6.07, 6.45) is 0. The molecule has 134 valence electrons. The third-order valence-electron chi connectivity index (χ3n) is 4.15. The Bertz CT molecular complexity index is 698. The van der Waals surface area contributed by atoms with Crippen molar-refractivity contribution in [1.82, 2.24) is 13.9 Å². The zero-order chi connectivity index (χ0) is 17.2. The molecule has 1 aromatic carbocycles. The molecule has 0 spiro atoms. The van der Waals surface area contributed by atoms with Crippen molar-refractivity contribution >= 4 is 20.0 Å². The molecule has 24 heavy (non-hydrogen) atoms. The van der Waals surface area contributed by atoms with Crippen molar-refractivity contribution in [3.05, 3.63) is 24.3 Å². The predicted octanol–water partition coefficient (Wildman–Crippen LogP) is -0.699.